The van der Waals surface area contributed by atoms with Crippen LogP contribution in [-0.2, 0) is 28.5 Å². The van der Waals surface area contributed by atoms with Crippen molar-refractivity contribution < 1.29 is 47.6 Å². The Labute approximate surface area is 407 Å². The van der Waals surface area contributed by atoms with E-state index in [1.807, 2.05) is 87.2 Å². The average molecular weight is 961 g/mol. The molecule has 3 aromatic carbocycles. The number of methoxy groups -OCH3 is 4. The fourth-order valence-corrected chi connectivity index (χ4v) is 9.82. The van der Waals surface area contributed by atoms with E-state index in [0.29, 0.717) is 42.9 Å². The summed E-state index contributed by atoms with van der Waals surface area (Å²) in [4.78, 5) is 72.8. The minimum Gasteiger partial charge on any atom is -0.487 e. The third-order valence-corrected chi connectivity index (χ3v) is 13.4. The van der Waals surface area contributed by atoms with Crippen LogP contribution in [0.3, 0.4) is 0 Å². The largest absolute Gasteiger partial charge is 0.487 e. The van der Waals surface area contributed by atoms with Crippen molar-refractivity contribution in [3.05, 3.63) is 84.6 Å². The predicted octanol–water partition coefficient (Wildman–Crippen LogP) is 7.59. The van der Waals surface area contributed by atoms with Gasteiger partial charge in [0.25, 0.3) is 0 Å². The normalized spacial score (nSPS) is 19.2. The van der Waals surface area contributed by atoms with Gasteiger partial charge in [0, 0.05) is 37.8 Å². The number of amides is 4. The second kappa shape index (κ2) is 21.8. The highest BCUT2D eigenvalue weighted by Gasteiger charge is 2.49. The van der Waals surface area contributed by atoms with Crippen molar-refractivity contribution in [2.45, 2.75) is 77.2 Å². The van der Waals surface area contributed by atoms with E-state index in [2.05, 4.69) is 32.8 Å². The van der Waals surface area contributed by atoms with Crippen molar-refractivity contribution in [2.24, 2.45) is 17.8 Å². The molecule has 2 aliphatic heterocycles. The van der Waals surface area contributed by atoms with E-state index in [9.17, 15) is 19.2 Å². The van der Waals surface area contributed by atoms with E-state index in [1.54, 1.807) is 25.3 Å². The summed E-state index contributed by atoms with van der Waals surface area (Å²) in [6, 6.07) is 15.9. The van der Waals surface area contributed by atoms with Gasteiger partial charge in [-0.25, -0.2) is 19.6 Å². The minimum absolute atomic E-state index is 0.0851. The Kier molecular flexibility index (Phi) is 15.4. The maximum Gasteiger partial charge on any atom is 0.407 e. The van der Waals surface area contributed by atoms with E-state index in [4.69, 9.17) is 38.4 Å². The lowest BCUT2D eigenvalue weighted by Gasteiger charge is -2.35. The fourth-order valence-electron chi connectivity index (χ4n) is 9.82. The smallest absolute Gasteiger partial charge is 0.407 e. The minimum atomic E-state index is -0.752. The van der Waals surface area contributed by atoms with Crippen LogP contribution in [0.1, 0.15) is 70.7 Å². The molecule has 4 N–H and O–H groups in total. The Morgan fingerprint density at radius 2 is 1.31 bits per heavy atom. The van der Waals surface area contributed by atoms with Gasteiger partial charge in [-0.15, -0.1) is 0 Å². The van der Waals surface area contributed by atoms with Crippen molar-refractivity contribution in [3.63, 3.8) is 0 Å². The van der Waals surface area contributed by atoms with Crippen LogP contribution in [0.4, 0.5) is 9.59 Å². The molecule has 18 nitrogen and oxygen atoms in total. The number of aromatic amines is 2. The third kappa shape index (κ3) is 10.2. The molecule has 2 saturated heterocycles. The first-order valence-corrected chi connectivity index (χ1v) is 23.9. The van der Waals surface area contributed by atoms with Crippen molar-refractivity contribution >= 4 is 35.0 Å². The second-order valence-corrected chi connectivity index (χ2v) is 18.6. The van der Waals surface area contributed by atoms with Gasteiger partial charge < -0.3 is 58.8 Å². The Hall–Kier alpha value is -6.92. The lowest BCUT2D eigenvalue weighted by atomic mass is 9.96. The van der Waals surface area contributed by atoms with Crippen molar-refractivity contribution in [2.75, 3.05) is 61.4 Å². The van der Waals surface area contributed by atoms with Crippen LogP contribution in [-0.4, -0.2) is 133 Å². The molecule has 18 heteroatoms. The number of nitrogens with one attached hydrogen (secondary N) is 4. The predicted molar refractivity (Wildman–Crippen MR) is 262 cm³/mol. The topological polar surface area (TPSA) is 212 Å². The number of H-pyrrole nitrogens is 2. The summed E-state index contributed by atoms with van der Waals surface area (Å²) in [5, 5.41) is 5.45. The number of alkyl carbamates (subject to hydrolysis) is 2. The molecule has 372 valence electrons. The lowest BCUT2D eigenvalue weighted by Crippen LogP contribution is -2.53. The van der Waals surface area contributed by atoms with Crippen LogP contribution in [0.2, 0.25) is 0 Å². The molecule has 0 radical (unpaired) electrons. The number of likely N-dealkylation sites (tertiary alicyclic amines) is 2. The molecule has 8 rings (SSSR count). The van der Waals surface area contributed by atoms with E-state index in [1.165, 1.54) is 14.2 Å². The number of rotatable bonds is 19. The summed E-state index contributed by atoms with van der Waals surface area (Å²) in [6.45, 7) is 9.37. The van der Waals surface area contributed by atoms with Gasteiger partial charge >= 0.3 is 12.2 Å². The zero-order valence-electron chi connectivity index (χ0n) is 41.1. The van der Waals surface area contributed by atoms with Gasteiger partial charge in [-0.3, -0.25) is 9.59 Å². The van der Waals surface area contributed by atoms with Gasteiger partial charge in [0.2, 0.25) is 11.8 Å². The number of nitrogens with zero attached hydrogens (tertiary/aromatic N) is 4. The number of imidazole rings is 2. The molecular weight excluding hydrogens is 897 g/mol. The van der Waals surface area contributed by atoms with E-state index in [0.717, 1.165) is 63.8 Å². The number of benzene rings is 3. The van der Waals surface area contributed by atoms with E-state index < -0.39 is 24.3 Å². The summed E-state index contributed by atoms with van der Waals surface area (Å²) < 4.78 is 33.5. The molecule has 3 aliphatic rings. The zero-order chi connectivity index (χ0) is 49.6. The molecule has 4 heterocycles. The number of ether oxygens (including phenoxy) is 6. The number of carbonyl (C=O) groups is 4. The monoisotopic (exact) mass is 960 g/mol. The molecule has 5 aromatic rings. The molecule has 0 spiro atoms. The Bertz CT molecular complexity index is 2700. The van der Waals surface area contributed by atoms with Crippen LogP contribution in [0, 0.1) is 17.8 Å². The summed E-state index contributed by atoms with van der Waals surface area (Å²) in [7, 11) is 5.82. The molecule has 2 aromatic heterocycles. The number of carbonyl (C=O) groups excluding carboxylic acids is 4. The van der Waals surface area contributed by atoms with Crippen molar-refractivity contribution in [3.8, 4) is 45.0 Å². The van der Waals surface area contributed by atoms with Gasteiger partial charge in [-0.2, -0.15) is 0 Å². The Morgan fingerprint density at radius 1 is 0.714 bits per heavy atom. The summed E-state index contributed by atoms with van der Waals surface area (Å²) >= 11 is 0. The second-order valence-electron chi connectivity index (χ2n) is 18.6. The number of fused-ring (bicyclic) bond motifs is 3. The molecule has 6 atom stereocenters. The van der Waals surface area contributed by atoms with Gasteiger partial charge in [0.15, 0.2) is 11.5 Å². The SMILES string of the molecule is COCCOc1c(-c2ccc(-c3cnc([C@@H]4[C@H]5C=C[C@H](C5)N4C(=O)[C@@H](NC(=O)OC)C(C)C)[nH]3)cc2)ccc(-c2ccc3nc([C@@H]4CCCN4C(=O)[C@@H](NC(=O)OC)C(C)C)[nH]c3c2)c1OCCOC. The third-order valence-electron chi connectivity index (χ3n) is 13.4. The highest BCUT2D eigenvalue weighted by atomic mass is 16.6. The molecule has 2 fully saturated rings. The first kappa shape index (κ1) is 49.5. The van der Waals surface area contributed by atoms with Crippen molar-refractivity contribution in [1.29, 1.82) is 0 Å². The highest BCUT2D eigenvalue weighted by Crippen LogP contribution is 2.48. The lowest BCUT2D eigenvalue weighted by molar-refractivity contribution is -0.137. The molecular formula is C52H64N8O10. The summed E-state index contributed by atoms with van der Waals surface area (Å²) in [5.74, 6) is 1.87. The fraction of sp³-hybridized carbons (Fsp3) is 0.462. The Balaban J connectivity index is 1.08. The van der Waals surface area contributed by atoms with Crippen LogP contribution < -0.4 is 20.1 Å². The molecule has 0 unspecified atom stereocenters. The first-order valence-electron chi connectivity index (χ1n) is 23.9. The average Bonchev–Trinajstić information content (AvgIpc) is 4.23. The van der Waals surface area contributed by atoms with Gasteiger partial charge in [0.1, 0.15) is 36.9 Å². The van der Waals surface area contributed by atoms with Crippen LogP contribution >= 0.6 is 0 Å². The van der Waals surface area contributed by atoms with Gasteiger partial charge in [0.05, 0.1) is 68.5 Å². The van der Waals surface area contributed by atoms with Gasteiger partial charge in [-0.05, 0) is 72.1 Å². The molecule has 4 amide bonds. The molecule has 1 aliphatic carbocycles. The Morgan fingerprint density at radius 3 is 1.93 bits per heavy atom. The molecule has 2 bridgehead atoms. The summed E-state index contributed by atoms with van der Waals surface area (Å²) in [5.41, 5.74) is 6.58. The first-order chi connectivity index (χ1) is 33.8. The van der Waals surface area contributed by atoms with E-state index >= 15 is 0 Å². The highest BCUT2D eigenvalue weighted by molar-refractivity contribution is 5.90. The van der Waals surface area contributed by atoms with Crippen LogP contribution in [0.15, 0.2) is 72.9 Å². The van der Waals surface area contributed by atoms with Crippen molar-refractivity contribution in [1.82, 2.24) is 40.4 Å². The number of hydrogen-bond donors (Lipinski definition) is 4. The number of hydrogen-bond acceptors (Lipinski definition) is 12. The summed E-state index contributed by atoms with van der Waals surface area (Å²) in [6.07, 6.45) is 7.03. The molecule has 0 saturated carbocycles. The maximum absolute atomic E-state index is 14.1. The standard InChI is InChI=1S/C52H64N8O10/c1-29(2)42(57-51(63)67-7)49(61)59-21-9-10-41(59)47-54-38-20-16-33(27-39(38)55-47)37-19-18-36(45(69-24-22-65-5)46(37)70-25-23-66-6)31-11-13-32(14-12-31)40-28-53-48(56-40)44-34-15-17-35(26-34)60(44)50(62)43(30(3)4)58-52(64)68-8/h11-20,27-30,34-35,41-44H,9-10,21-26H2,1-8H3,(H,53,56)(H,54,55)(H,57,63)(H,58,64)/t34-,35+,41-,42-,43-,44-/m0/s1. The maximum atomic E-state index is 14.1. The van der Waals surface area contributed by atoms with E-state index in [-0.39, 0.29) is 60.9 Å². The van der Waals surface area contributed by atoms with Gasteiger partial charge in [-0.1, -0.05) is 70.2 Å². The quantitative estimate of drug-likeness (QED) is 0.0466. The molecule has 70 heavy (non-hydrogen) atoms. The van der Waals surface area contributed by atoms with Crippen LogP contribution in [0.25, 0.3) is 44.5 Å². The van der Waals surface area contributed by atoms with Crippen LogP contribution in [0.5, 0.6) is 11.5 Å². The number of aromatic nitrogens is 4. The zero-order valence-corrected chi connectivity index (χ0v) is 41.1.